The molecule has 0 saturated heterocycles. The van der Waals surface area contributed by atoms with Crippen LogP contribution in [0.2, 0.25) is 0 Å². The zero-order valence-electron chi connectivity index (χ0n) is 12.4. The molecule has 126 valence electrons. The number of hydrogen-bond donors (Lipinski definition) is 3. The minimum Gasteiger partial charge on any atom is -0.481 e. The topological polar surface area (TPSA) is 94.8 Å². The van der Waals surface area contributed by atoms with Crippen LogP contribution in [0.5, 0.6) is 0 Å². The monoisotopic (exact) mass is 312 g/mol. The van der Waals surface area contributed by atoms with E-state index in [1.807, 2.05) is 6.92 Å². The van der Waals surface area contributed by atoms with Crippen molar-refractivity contribution in [2.45, 2.75) is 70.6 Å². The summed E-state index contributed by atoms with van der Waals surface area (Å²) in [5, 5.41) is 25.3. The highest BCUT2D eigenvalue weighted by Crippen LogP contribution is 2.06. The molecule has 0 bridgehead atoms. The first-order valence-electron chi connectivity index (χ1n) is 7.17. The third-order valence-electron chi connectivity index (χ3n) is 2.66. The summed E-state index contributed by atoms with van der Waals surface area (Å²) >= 11 is 0. The lowest BCUT2D eigenvalue weighted by Gasteiger charge is -2.05. The fourth-order valence-electron chi connectivity index (χ4n) is 1.48. The van der Waals surface area contributed by atoms with Gasteiger partial charge in [0.1, 0.15) is 0 Å². The van der Waals surface area contributed by atoms with Crippen LogP contribution < -0.4 is 0 Å². The second-order valence-electron chi connectivity index (χ2n) is 4.74. The van der Waals surface area contributed by atoms with E-state index in [4.69, 9.17) is 15.3 Å². The van der Waals surface area contributed by atoms with Gasteiger partial charge in [-0.15, -0.1) is 0 Å². The lowest BCUT2D eigenvalue weighted by atomic mass is 10.1. The summed E-state index contributed by atoms with van der Waals surface area (Å²) in [6, 6.07) is 0. The predicted octanol–water partition coefficient (Wildman–Crippen LogP) is 2.95. The normalized spacial score (nSPS) is 13.0. The van der Waals surface area contributed by atoms with E-state index >= 15 is 0 Å². The van der Waals surface area contributed by atoms with Gasteiger partial charge in [-0.1, -0.05) is 19.8 Å². The van der Waals surface area contributed by atoms with Crippen molar-refractivity contribution in [1.29, 1.82) is 0 Å². The van der Waals surface area contributed by atoms with Crippen LogP contribution in [0.4, 0.5) is 8.78 Å². The van der Waals surface area contributed by atoms with Crippen molar-refractivity contribution in [2.75, 3.05) is 6.67 Å². The fourth-order valence-corrected chi connectivity index (χ4v) is 1.48. The quantitative estimate of drug-likeness (QED) is 0.510. The van der Waals surface area contributed by atoms with Crippen LogP contribution in [-0.4, -0.2) is 46.2 Å². The SMILES string of the molecule is CCCCCC(F)C(=O)O.O=C(O)CC(O)CCCCF. The molecule has 0 spiro atoms. The molecular formula is C14H26F2O5. The number of halogens is 2. The molecule has 0 aromatic carbocycles. The number of carboxylic acid groups (broad SMARTS) is 2. The Hall–Kier alpha value is -1.24. The number of aliphatic hydroxyl groups excluding tert-OH is 1. The van der Waals surface area contributed by atoms with Gasteiger partial charge in [-0.2, -0.15) is 0 Å². The summed E-state index contributed by atoms with van der Waals surface area (Å²) in [6.07, 6.45) is 1.32. The first kappa shape index (κ1) is 22.0. The molecule has 2 atom stereocenters. The maximum atomic E-state index is 12.2. The lowest BCUT2D eigenvalue weighted by Crippen LogP contribution is -2.13. The summed E-state index contributed by atoms with van der Waals surface area (Å²) in [5.74, 6) is -2.35. The molecule has 2 unspecified atom stereocenters. The third-order valence-corrected chi connectivity index (χ3v) is 2.66. The molecule has 0 heterocycles. The number of aliphatic carboxylic acids is 2. The van der Waals surface area contributed by atoms with E-state index in [0.29, 0.717) is 25.7 Å². The van der Waals surface area contributed by atoms with Crippen molar-refractivity contribution in [3.63, 3.8) is 0 Å². The van der Waals surface area contributed by atoms with Crippen LogP contribution in [0.25, 0.3) is 0 Å². The van der Waals surface area contributed by atoms with Crippen molar-refractivity contribution in [2.24, 2.45) is 0 Å². The standard InChI is InChI=1S/C7H13FO3.C7H13FO2/c8-4-2-1-3-6(9)5-7(10)11;1-2-3-4-5-6(8)7(9)10/h6,9H,1-5H2,(H,10,11);6H,2-5H2,1H3,(H,9,10). The first-order chi connectivity index (χ1) is 9.84. The van der Waals surface area contributed by atoms with Gasteiger partial charge in [-0.05, 0) is 32.1 Å². The second kappa shape index (κ2) is 15.2. The maximum absolute atomic E-state index is 12.2. The summed E-state index contributed by atoms with van der Waals surface area (Å²) in [7, 11) is 0. The summed E-state index contributed by atoms with van der Waals surface area (Å²) in [5.41, 5.74) is 0. The largest absolute Gasteiger partial charge is 0.481 e. The maximum Gasteiger partial charge on any atom is 0.338 e. The van der Waals surface area contributed by atoms with Crippen molar-refractivity contribution < 1.29 is 33.7 Å². The molecule has 3 N–H and O–H groups in total. The van der Waals surface area contributed by atoms with Gasteiger partial charge in [0.25, 0.3) is 0 Å². The molecule has 0 amide bonds. The van der Waals surface area contributed by atoms with Gasteiger partial charge in [-0.25, -0.2) is 9.18 Å². The van der Waals surface area contributed by atoms with E-state index in [-0.39, 0.29) is 12.8 Å². The Morgan fingerprint density at radius 3 is 2.05 bits per heavy atom. The van der Waals surface area contributed by atoms with Crippen LogP contribution in [0.15, 0.2) is 0 Å². The van der Waals surface area contributed by atoms with Gasteiger partial charge in [0.2, 0.25) is 0 Å². The molecule has 0 aliphatic carbocycles. The number of unbranched alkanes of at least 4 members (excludes halogenated alkanes) is 3. The lowest BCUT2D eigenvalue weighted by molar-refractivity contribution is -0.143. The number of alkyl halides is 2. The average Bonchev–Trinajstić information content (AvgIpc) is 2.39. The molecule has 0 aromatic heterocycles. The van der Waals surface area contributed by atoms with Gasteiger partial charge < -0.3 is 15.3 Å². The van der Waals surface area contributed by atoms with Crippen molar-refractivity contribution in [1.82, 2.24) is 0 Å². The zero-order valence-corrected chi connectivity index (χ0v) is 12.4. The third kappa shape index (κ3) is 18.8. The summed E-state index contributed by atoms with van der Waals surface area (Å²) < 4.78 is 23.8. The molecule has 0 saturated carbocycles. The molecule has 5 nitrogen and oxygen atoms in total. The molecular weight excluding hydrogens is 286 g/mol. The Bertz CT molecular complexity index is 274. The smallest absolute Gasteiger partial charge is 0.338 e. The van der Waals surface area contributed by atoms with Gasteiger partial charge in [0.15, 0.2) is 6.17 Å². The highest BCUT2D eigenvalue weighted by molar-refractivity contribution is 5.71. The highest BCUT2D eigenvalue weighted by Gasteiger charge is 2.13. The molecule has 7 heteroatoms. The second-order valence-corrected chi connectivity index (χ2v) is 4.74. The van der Waals surface area contributed by atoms with Crippen LogP contribution in [0.1, 0.15) is 58.3 Å². The van der Waals surface area contributed by atoms with Crippen LogP contribution in [-0.2, 0) is 9.59 Å². The zero-order chi connectivity index (χ0) is 16.7. The van der Waals surface area contributed by atoms with Gasteiger partial charge >= 0.3 is 11.9 Å². The number of rotatable bonds is 11. The Morgan fingerprint density at radius 1 is 1.05 bits per heavy atom. The number of hydrogen-bond acceptors (Lipinski definition) is 3. The molecule has 0 aliphatic heterocycles. The van der Waals surface area contributed by atoms with E-state index in [1.165, 1.54) is 0 Å². The van der Waals surface area contributed by atoms with E-state index in [1.54, 1.807) is 0 Å². The molecule has 0 aliphatic rings. The van der Waals surface area contributed by atoms with Crippen molar-refractivity contribution >= 4 is 11.9 Å². The highest BCUT2D eigenvalue weighted by atomic mass is 19.1. The first-order valence-corrected chi connectivity index (χ1v) is 7.17. The Balaban J connectivity index is 0. The number of carboxylic acids is 2. The van der Waals surface area contributed by atoms with E-state index in [2.05, 4.69) is 0 Å². The molecule has 0 rings (SSSR count). The minimum absolute atomic E-state index is 0.156. The average molecular weight is 312 g/mol. The van der Waals surface area contributed by atoms with Gasteiger partial charge in [0, 0.05) is 0 Å². The van der Waals surface area contributed by atoms with Crippen LogP contribution >= 0.6 is 0 Å². The van der Waals surface area contributed by atoms with E-state index in [0.717, 1.165) is 12.8 Å². The summed E-state index contributed by atoms with van der Waals surface area (Å²) in [4.78, 5) is 19.9. The molecule has 0 fully saturated rings. The van der Waals surface area contributed by atoms with Crippen LogP contribution in [0.3, 0.4) is 0 Å². The molecule has 0 radical (unpaired) electrons. The molecule has 21 heavy (non-hydrogen) atoms. The minimum atomic E-state index is -1.66. The van der Waals surface area contributed by atoms with Gasteiger partial charge in [0.05, 0.1) is 19.2 Å². The van der Waals surface area contributed by atoms with Gasteiger partial charge in [-0.3, -0.25) is 9.18 Å². The Kier molecular flexibility index (Phi) is 15.9. The van der Waals surface area contributed by atoms with Crippen LogP contribution in [0, 0.1) is 0 Å². The number of aliphatic hydroxyl groups is 1. The van der Waals surface area contributed by atoms with E-state index in [9.17, 15) is 18.4 Å². The fraction of sp³-hybridized carbons (Fsp3) is 0.857. The number of carbonyl (C=O) groups is 2. The molecule has 0 aromatic rings. The van der Waals surface area contributed by atoms with Crippen molar-refractivity contribution in [3.05, 3.63) is 0 Å². The van der Waals surface area contributed by atoms with E-state index < -0.39 is 30.9 Å². The Labute approximate surface area is 124 Å². The Morgan fingerprint density at radius 2 is 1.62 bits per heavy atom. The summed E-state index contributed by atoms with van der Waals surface area (Å²) in [6.45, 7) is 1.59. The van der Waals surface area contributed by atoms with Crippen molar-refractivity contribution in [3.8, 4) is 0 Å². The predicted molar refractivity (Wildman–Crippen MR) is 74.8 cm³/mol.